The van der Waals surface area contributed by atoms with Gasteiger partial charge in [-0.15, -0.1) is 24.8 Å². The van der Waals surface area contributed by atoms with E-state index in [1.807, 2.05) is 39.6 Å². The van der Waals surface area contributed by atoms with Gasteiger partial charge in [0.25, 0.3) is 0 Å². The number of carbonyl (C=O) groups is 3. The first kappa shape index (κ1) is 115. The second-order valence-corrected chi connectivity index (χ2v) is 49.4. The summed E-state index contributed by atoms with van der Waals surface area (Å²) < 4.78 is 86.7. The van der Waals surface area contributed by atoms with Crippen LogP contribution in [0.5, 0.6) is 0 Å². The van der Waals surface area contributed by atoms with Crippen molar-refractivity contribution in [3.8, 4) is 0 Å². The number of hydrogen-bond acceptors (Lipinski definition) is 21. The number of benzene rings is 1. The molecule has 16 aliphatic rings. The molecule has 17 rings (SSSR count). The Kier molecular flexibility index (Phi) is 42.7. The van der Waals surface area contributed by atoms with E-state index in [2.05, 4.69) is 138 Å². The Morgan fingerprint density at radius 1 is 0.664 bits per heavy atom. The molecular formula is C107H174AcB5O19P3S2. The van der Waals surface area contributed by atoms with Crippen LogP contribution in [-0.4, -0.2) is 200 Å². The predicted molar refractivity (Wildman–Crippen MR) is 565 cm³/mol. The second kappa shape index (κ2) is 50.9. The Labute approximate surface area is 884 Å². The van der Waals surface area contributed by atoms with Crippen molar-refractivity contribution < 1.29 is 134 Å². The van der Waals surface area contributed by atoms with Crippen LogP contribution in [0.1, 0.15) is 313 Å². The summed E-state index contributed by atoms with van der Waals surface area (Å²) >= 11 is 2.30. The van der Waals surface area contributed by atoms with Gasteiger partial charge >= 0.3 is 19.2 Å². The van der Waals surface area contributed by atoms with Crippen LogP contribution in [0.25, 0.3) is 0 Å². The summed E-state index contributed by atoms with van der Waals surface area (Å²) in [6, 6.07) is 7.04. The van der Waals surface area contributed by atoms with E-state index in [-0.39, 0.29) is 143 Å². The van der Waals surface area contributed by atoms with Gasteiger partial charge in [0, 0.05) is 80.1 Å². The third-order valence-corrected chi connectivity index (χ3v) is 38.2. The third kappa shape index (κ3) is 25.7. The maximum Gasteiger partial charge on any atom is 0.338 e. The summed E-state index contributed by atoms with van der Waals surface area (Å²) in [6.45, 7) is 41.3. The fourth-order valence-electron chi connectivity index (χ4n) is 29.1. The molecule has 10 saturated carbocycles. The number of ketones is 2. The molecular weight excluding hydrogens is 2030 g/mol. The van der Waals surface area contributed by atoms with Crippen LogP contribution in [-0.2, 0) is 64.9 Å². The molecule has 13 fully saturated rings. The Balaban J connectivity index is 0.000000184. The summed E-state index contributed by atoms with van der Waals surface area (Å²) in [5.74, 6) is 6.88. The molecule has 5 radical (unpaired) electrons. The largest absolute Gasteiger partial charge is 0.495 e. The molecule has 30 heteroatoms. The van der Waals surface area contributed by atoms with Crippen molar-refractivity contribution in [2.75, 3.05) is 33.1 Å². The van der Waals surface area contributed by atoms with Gasteiger partial charge < -0.3 is 75.8 Å². The minimum atomic E-state index is -1.28. The maximum atomic E-state index is 13.2. The van der Waals surface area contributed by atoms with Gasteiger partial charge in [0.1, 0.15) is 49.5 Å². The van der Waals surface area contributed by atoms with Crippen LogP contribution in [0.15, 0.2) is 95.4 Å². The normalized spacial score (nSPS) is 40.2. The molecule has 761 valence electrons. The van der Waals surface area contributed by atoms with Gasteiger partial charge in [-0.05, 0) is 316 Å². The zero-order chi connectivity index (χ0) is 98.4. The minimum Gasteiger partial charge on any atom is -0.495 e. The SMILES string of the molecule is C.C.C/C(=C/CC(C)C)OC1CCCCC1.C[C@]12CC[C@H](O)CC1=CC[C@@H]1[C@@H]2CC[C@]2(C)C(=O)CC[C@@H]12.[3H][B]SO[C@H]1CC[C@@]2(C)C(=CC[C@@H]3[C@@H]2CC[C@@]2(C)[C@H]3C[C@H](O)[C@]2(O)[C@H](C)C2(CCC(C)C)OCCO2)C1.[3H][B]SO[C@H]1CC[C@@]2(C)C(=CC[C@@H]3[C@@H]2CC[C@]2(C)/C(=C\C)C(=O)C[C@@H]32)C1.[Ac].[B]P(C)OC1COC(C=C)C(O)C1OC1OCC(OB(C)P)C(OB(C)P)C1OC(=O)c1ccc(C)cc1. The molecule has 3 saturated heterocycles. The quantitative estimate of drug-likeness (QED) is 0.0128. The molecule has 19 nitrogen and oxygen atoms in total. The van der Waals surface area contributed by atoms with E-state index in [9.17, 15) is 34.8 Å². The average Bonchev–Trinajstić information content (AvgIpc) is 1.53. The fourth-order valence-corrected chi connectivity index (χ4v) is 30.7. The first-order valence-corrected chi connectivity index (χ1v) is 56.3. The molecule has 1 aromatic rings. The van der Waals surface area contributed by atoms with Gasteiger partial charge in [-0.25, -0.2) is 4.79 Å². The van der Waals surface area contributed by atoms with Crippen molar-refractivity contribution in [3.63, 3.8) is 0 Å². The number of fused-ring (bicyclic) bond motifs is 15. The van der Waals surface area contributed by atoms with Gasteiger partial charge in [0.2, 0.25) is 14.2 Å². The Morgan fingerprint density at radius 3 is 1.74 bits per heavy atom. The van der Waals surface area contributed by atoms with E-state index in [0.29, 0.717) is 95.6 Å². The number of aryl methyl sites for hydroxylation is 1. The van der Waals surface area contributed by atoms with Crippen LogP contribution in [0.3, 0.4) is 0 Å². The summed E-state index contributed by atoms with van der Waals surface area (Å²) in [6.07, 6.45) is 38.6. The summed E-state index contributed by atoms with van der Waals surface area (Å²) in [5, 5.41) is 45.3. The predicted octanol–water partition coefficient (Wildman–Crippen LogP) is 22.1. The van der Waals surface area contributed by atoms with E-state index in [0.717, 1.165) is 187 Å². The van der Waals surface area contributed by atoms with Crippen LogP contribution in [0, 0.1) is 154 Å². The number of allylic oxidation sites excluding steroid dienone is 7. The topological polar surface area (TPSA) is 243 Å². The molecule has 0 spiro atoms. The maximum absolute atomic E-state index is 13.2. The number of carbonyl (C=O) groups excluding carboxylic acids is 3. The molecule has 4 N–H and O–H groups in total. The fraction of sp³-hybridized carbons (Fsp3) is 0.804. The number of ether oxygens (including phenoxy) is 7. The zero-order valence-corrected chi connectivity index (χ0v) is 94.3. The number of Topliss-reactive ketones (excluding diaryl/α,β-unsaturated/α-hetero) is 2. The molecule has 137 heavy (non-hydrogen) atoms. The summed E-state index contributed by atoms with van der Waals surface area (Å²) in [4.78, 5) is 38.2. The van der Waals surface area contributed by atoms with E-state index in [1.165, 1.54) is 82.8 Å². The number of rotatable bonds is 26. The number of aliphatic hydroxyl groups is 4. The zero-order valence-electron chi connectivity index (χ0n) is 86.8. The molecule has 0 aromatic heterocycles. The van der Waals surface area contributed by atoms with Gasteiger partial charge in [0.15, 0.2) is 24.0 Å². The van der Waals surface area contributed by atoms with Crippen molar-refractivity contribution in [3.05, 3.63) is 106 Å². The Bertz CT molecular complexity index is 4330. The summed E-state index contributed by atoms with van der Waals surface area (Å²) in [7, 11) is 12.3. The van der Waals surface area contributed by atoms with Gasteiger partial charge in [-0.1, -0.05) is 200 Å². The van der Waals surface area contributed by atoms with Gasteiger partial charge in [-0.3, -0.25) is 9.59 Å². The number of hydrogen-bond donors (Lipinski definition) is 4. The molecule has 1 aromatic carbocycles. The minimum absolute atomic E-state index is 0. The second-order valence-electron chi connectivity index (χ2n) is 45.4. The first-order valence-electron chi connectivity index (χ1n) is 52.7. The van der Waals surface area contributed by atoms with Gasteiger partial charge in [0.05, 0.1) is 74.4 Å². The van der Waals surface area contributed by atoms with Crippen molar-refractivity contribution >= 4 is 103 Å². The molecule has 13 aliphatic carbocycles. The van der Waals surface area contributed by atoms with Crippen molar-refractivity contribution in [2.45, 2.75) is 409 Å². The summed E-state index contributed by atoms with van der Waals surface area (Å²) in [5.41, 5.74) is 6.33. The Morgan fingerprint density at radius 2 is 1.20 bits per heavy atom. The van der Waals surface area contributed by atoms with Gasteiger partial charge in [-0.2, -0.15) is 0 Å². The van der Waals surface area contributed by atoms with E-state index in [4.69, 9.17) is 65.6 Å². The third-order valence-electron chi connectivity index (χ3n) is 36.5. The van der Waals surface area contributed by atoms with E-state index < -0.39 is 80.5 Å². The number of aliphatic hydroxyl groups excluding tert-OH is 3. The van der Waals surface area contributed by atoms with Crippen molar-refractivity contribution in [2.24, 2.45) is 104 Å². The molecule has 32 atom stereocenters. The molecule has 3 heterocycles. The van der Waals surface area contributed by atoms with Crippen molar-refractivity contribution in [1.29, 1.82) is 2.67 Å². The van der Waals surface area contributed by atoms with Crippen LogP contribution >= 0.6 is 50.1 Å². The van der Waals surface area contributed by atoms with Crippen molar-refractivity contribution in [1.82, 2.24) is 0 Å². The molecule has 11 unspecified atom stereocenters. The monoisotopic (exact) mass is 2210 g/mol. The molecule has 0 bridgehead atoms. The van der Waals surface area contributed by atoms with E-state index >= 15 is 0 Å². The van der Waals surface area contributed by atoms with E-state index in [1.54, 1.807) is 24.4 Å². The van der Waals surface area contributed by atoms with Crippen LogP contribution < -0.4 is 0 Å². The number of esters is 1. The average molecular weight is 2210 g/mol. The van der Waals surface area contributed by atoms with Crippen LogP contribution in [0.4, 0.5) is 0 Å². The Hall–Kier alpha value is -0.534. The molecule has 3 aliphatic heterocycles. The standard InChI is InChI=1S/C29H48BO5S.C23H36B3O9P3.C21H30BO2S.C19H28O2.C13H24O.2CH4.Ac/c1-18(2)8-13-28(33-14-15-34-28)19(3)29(32)25(31)17-24-22-7-6-20-16-21(35-36-30)9-11-26(20,4)23(22)10-12-27(24,29)5;1-6-15-18(27)19(17(12-29-15)35-38(5)24)32-23-21(31-22(28)14-9-7-13(2)8-10-14)20(34-26(4)37)16(11-30-23)33-25(3)36;1-4-16-19(23)12-18-15-6-5-13-11-14(24-25-22)7-9-20(13,2)17(15)8-10-21(16,18)3;1-18-9-7-13(20)11-12(18)3-4-14-15-5-6-17(21)19(15,2)10-8-16(14)18;1-11(2)9-10-12(3)14-13-7-5-4-6-8-13;;;/h6,18-19,21-25,30-32H,7-17H2,1-5H3;6-10,15-21,23,27H,1,11-12,36-37H2,2-5H3;4-5,14-15,17-18,22H,6-12H2,1-3H3;3,13-16,20H,4-11H2,1-2H3;10-11,13H,4-9H2,1-3H3;2*1H4;/b;;16-4-;;12-10-;;;/t19-,21+,22-,23+,24+,25+,26+,27+,29-;;14-,15+,17-,18-,20-,21+;13-,14-,15-,16-,18-,19-;;;;/m1.00..../s1/i30T;;22T;;;;;. The first-order chi connectivity index (χ1) is 64.6. The van der Waals surface area contributed by atoms with Crippen LogP contribution in [0.2, 0.25) is 13.6 Å². The smallest absolute Gasteiger partial charge is 0.338 e. The molecule has 0 amide bonds.